The van der Waals surface area contributed by atoms with Crippen LogP contribution in [-0.4, -0.2) is 11.1 Å². The minimum absolute atomic E-state index is 0.00276. The summed E-state index contributed by atoms with van der Waals surface area (Å²) in [5, 5.41) is 8.97. The summed E-state index contributed by atoms with van der Waals surface area (Å²) in [6.45, 7) is 3.45. The van der Waals surface area contributed by atoms with Crippen molar-refractivity contribution in [3.05, 3.63) is 64.2 Å². The average molecular weight is 292 g/mol. The molecule has 3 nitrogen and oxygen atoms in total. The summed E-state index contributed by atoms with van der Waals surface area (Å²) in [7, 11) is 0. The van der Waals surface area contributed by atoms with E-state index in [-0.39, 0.29) is 12.2 Å². The van der Waals surface area contributed by atoms with E-state index in [1.165, 1.54) is 24.3 Å². The van der Waals surface area contributed by atoms with Gasteiger partial charge in [0, 0.05) is 6.07 Å². The fraction of sp³-hybridized carbons (Fsp3) is 0.188. The van der Waals surface area contributed by atoms with Gasteiger partial charge in [0.1, 0.15) is 24.0 Å². The molecule has 0 fully saturated rings. The second-order valence-electron chi connectivity index (χ2n) is 4.81. The number of carbonyl (C=O) groups is 1. The number of aryl methyl sites for hydroxylation is 2. The van der Waals surface area contributed by atoms with Gasteiger partial charge < -0.3 is 9.84 Å². The van der Waals surface area contributed by atoms with Gasteiger partial charge in [-0.25, -0.2) is 13.6 Å². The van der Waals surface area contributed by atoms with Crippen molar-refractivity contribution in [3.63, 3.8) is 0 Å². The summed E-state index contributed by atoms with van der Waals surface area (Å²) in [5.41, 5.74) is 1.86. The third-order valence-electron chi connectivity index (χ3n) is 3.01. The maximum atomic E-state index is 13.1. The Morgan fingerprint density at radius 3 is 2.05 bits per heavy atom. The third kappa shape index (κ3) is 3.56. The molecule has 110 valence electrons. The Balaban J connectivity index is 2.22. The zero-order valence-electron chi connectivity index (χ0n) is 11.6. The highest BCUT2D eigenvalue weighted by Crippen LogP contribution is 2.26. The molecule has 0 unspecified atom stereocenters. The fourth-order valence-corrected chi connectivity index (χ4v) is 2.15. The average Bonchev–Trinajstić information content (AvgIpc) is 2.36. The molecule has 0 aliphatic carbocycles. The van der Waals surface area contributed by atoms with E-state index < -0.39 is 17.6 Å². The Morgan fingerprint density at radius 2 is 1.57 bits per heavy atom. The quantitative estimate of drug-likeness (QED) is 0.930. The maximum Gasteiger partial charge on any atom is 0.335 e. The topological polar surface area (TPSA) is 46.5 Å². The van der Waals surface area contributed by atoms with Crippen LogP contribution in [0.1, 0.15) is 27.0 Å². The molecule has 0 saturated carbocycles. The van der Waals surface area contributed by atoms with Crippen molar-refractivity contribution in [2.24, 2.45) is 0 Å². The summed E-state index contributed by atoms with van der Waals surface area (Å²) in [4.78, 5) is 10.9. The molecule has 2 aromatic carbocycles. The Bertz CT molecular complexity index is 653. The van der Waals surface area contributed by atoms with Crippen LogP contribution in [0.4, 0.5) is 8.78 Å². The smallest absolute Gasteiger partial charge is 0.335 e. The predicted octanol–water partition coefficient (Wildman–Crippen LogP) is 3.86. The van der Waals surface area contributed by atoms with E-state index in [0.29, 0.717) is 22.4 Å². The van der Waals surface area contributed by atoms with Crippen LogP contribution in [0, 0.1) is 25.5 Å². The summed E-state index contributed by atoms with van der Waals surface area (Å²) < 4.78 is 31.8. The molecule has 0 amide bonds. The van der Waals surface area contributed by atoms with Crippen molar-refractivity contribution < 1.29 is 23.4 Å². The van der Waals surface area contributed by atoms with Crippen LogP contribution in [0.3, 0.4) is 0 Å². The zero-order valence-corrected chi connectivity index (χ0v) is 11.6. The molecular formula is C16H14F2O3. The fourth-order valence-electron chi connectivity index (χ4n) is 2.15. The van der Waals surface area contributed by atoms with Crippen molar-refractivity contribution >= 4 is 5.97 Å². The lowest BCUT2D eigenvalue weighted by Crippen LogP contribution is -2.03. The molecule has 2 rings (SSSR count). The molecule has 0 radical (unpaired) electrons. The number of hydrogen-bond acceptors (Lipinski definition) is 2. The van der Waals surface area contributed by atoms with E-state index >= 15 is 0 Å². The zero-order chi connectivity index (χ0) is 15.6. The second-order valence-corrected chi connectivity index (χ2v) is 4.81. The van der Waals surface area contributed by atoms with E-state index in [1.54, 1.807) is 13.8 Å². The van der Waals surface area contributed by atoms with Crippen molar-refractivity contribution in [1.29, 1.82) is 0 Å². The van der Waals surface area contributed by atoms with Crippen molar-refractivity contribution in [3.8, 4) is 5.75 Å². The summed E-state index contributed by atoms with van der Waals surface area (Å²) in [5.74, 6) is -1.82. The first-order valence-corrected chi connectivity index (χ1v) is 6.29. The van der Waals surface area contributed by atoms with Gasteiger partial charge in [0.25, 0.3) is 0 Å². The molecule has 0 aromatic heterocycles. The first-order chi connectivity index (χ1) is 9.86. The van der Waals surface area contributed by atoms with Gasteiger partial charge in [-0.15, -0.1) is 0 Å². The number of carboxylic acid groups (broad SMARTS) is 1. The van der Waals surface area contributed by atoms with E-state index in [0.717, 1.165) is 6.07 Å². The molecule has 1 N–H and O–H groups in total. The van der Waals surface area contributed by atoms with Gasteiger partial charge in [0.15, 0.2) is 0 Å². The number of benzene rings is 2. The molecule has 0 heterocycles. The monoisotopic (exact) mass is 292 g/mol. The van der Waals surface area contributed by atoms with Gasteiger partial charge in [-0.2, -0.15) is 0 Å². The normalized spacial score (nSPS) is 10.5. The van der Waals surface area contributed by atoms with Crippen LogP contribution in [-0.2, 0) is 6.61 Å². The van der Waals surface area contributed by atoms with Crippen LogP contribution < -0.4 is 4.74 Å². The van der Waals surface area contributed by atoms with Crippen LogP contribution in [0.5, 0.6) is 5.75 Å². The highest BCUT2D eigenvalue weighted by atomic mass is 19.1. The van der Waals surface area contributed by atoms with Gasteiger partial charge in [0.2, 0.25) is 0 Å². The molecule has 21 heavy (non-hydrogen) atoms. The number of hydrogen-bond donors (Lipinski definition) is 1. The Kier molecular flexibility index (Phi) is 4.21. The van der Waals surface area contributed by atoms with E-state index in [9.17, 15) is 13.6 Å². The van der Waals surface area contributed by atoms with E-state index in [4.69, 9.17) is 9.84 Å². The Morgan fingerprint density at radius 1 is 1.05 bits per heavy atom. The highest BCUT2D eigenvalue weighted by molar-refractivity contribution is 5.88. The van der Waals surface area contributed by atoms with Gasteiger partial charge in [-0.3, -0.25) is 0 Å². The van der Waals surface area contributed by atoms with E-state index in [1.807, 2.05) is 0 Å². The molecule has 0 spiro atoms. The first kappa shape index (κ1) is 15.0. The largest absolute Gasteiger partial charge is 0.488 e. The third-order valence-corrected chi connectivity index (χ3v) is 3.01. The summed E-state index contributed by atoms with van der Waals surface area (Å²) >= 11 is 0. The maximum absolute atomic E-state index is 13.1. The SMILES string of the molecule is Cc1cc(C(=O)O)cc(C)c1OCc1cc(F)cc(F)c1. The van der Waals surface area contributed by atoms with Gasteiger partial charge >= 0.3 is 5.97 Å². The Hall–Kier alpha value is -2.43. The van der Waals surface area contributed by atoms with Gasteiger partial charge in [-0.05, 0) is 54.8 Å². The van der Waals surface area contributed by atoms with Crippen LogP contribution >= 0.6 is 0 Å². The standard InChI is InChI=1S/C16H14F2O3/c1-9-3-12(16(19)20)4-10(2)15(9)21-8-11-5-13(17)7-14(18)6-11/h3-7H,8H2,1-2H3,(H,19,20). The molecule has 0 bridgehead atoms. The first-order valence-electron chi connectivity index (χ1n) is 6.29. The number of carboxylic acids is 1. The van der Waals surface area contributed by atoms with E-state index in [2.05, 4.69) is 0 Å². The summed E-state index contributed by atoms with van der Waals surface area (Å²) in [6.07, 6.45) is 0. The number of aromatic carboxylic acids is 1. The van der Waals surface area contributed by atoms with Crippen LogP contribution in [0.2, 0.25) is 0 Å². The van der Waals surface area contributed by atoms with Crippen molar-refractivity contribution in [2.45, 2.75) is 20.5 Å². The van der Waals surface area contributed by atoms with Crippen LogP contribution in [0.25, 0.3) is 0 Å². The minimum atomic E-state index is -1.01. The molecule has 0 aliphatic heterocycles. The molecule has 0 atom stereocenters. The van der Waals surface area contributed by atoms with Gasteiger partial charge in [0.05, 0.1) is 5.56 Å². The summed E-state index contributed by atoms with van der Waals surface area (Å²) in [6, 6.07) is 6.17. The predicted molar refractivity (Wildman–Crippen MR) is 73.6 cm³/mol. The molecular weight excluding hydrogens is 278 g/mol. The number of halogens is 2. The van der Waals surface area contributed by atoms with Crippen molar-refractivity contribution in [2.75, 3.05) is 0 Å². The number of ether oxygens (including phenoxy) is 1. The lowest BCUT2D eigenvalue weighted by molar-refractivity contribution is 0.0696. The van der Waals surface area contributed by atoms with Gasteiger partial charge in [-0.1, -0.05) is 0 Å². The van der Waals surface area contributed by atoms with Crippen molar-refractivity contribution in [1.82, 2.24) is 0 Å². The lowest BCUT2D eigenvalue weighted by Gasteiger charge is -2.13. The molecule has 0 saturated heterocycles. The Labute approximate surface area is 120 Å². The van der Waals surface area contributed by atoms with Crippen LogP contribution in [0.15, 0.2) is 30.3 Å². The second kappa shape index (κ2) is 5.91. The minimum Gasteiger partial charge on any atom is -0.488 e. The highest BCUT2D eigenvalue weighted by Gasteiger charge is 2.11. The molecule has 5 heteroatoms. The molecule has 0 aliphatic rings. The molecule has 2 aromatic rings. The number of rotatable bonds is 4. The lowest BCUT2D eigenvalue weighted by atomic mass is 10.1.